The van der Waals surface area contributed by atoms with Gasteiger partial charge >= 0.3 is 5.97 Å². The second-order valence-electron chi connectivity index (χ2n) is 6.24. The van der Waals surface area contributed by atoms with Crippen molar-refractivity contribution in [3.05, 3.63) is 70.1 Å². The number of carbonyl (C=O) groups excluding carboxylic acids is 1. The van der Waals surface area contributed by atoms with Crippen molar-refractivity contribution in [2.45, 2.75) is 12.5 Å². The van der Waals surface area contributed by atoms with Crippen molar-refractivity contribution in [1.29, 1.82) is 0 Å². The molecule has 0 spiro atoms. The third kappa shape index (κ3) is 2.70. The summed E-state index contributed by atoms with van der Waals surface area (Å²) in [6.07, 6.45) is 0.166. The van der Waals surface area contributed by atoms with Crippen molar-refractivity contribution >= 4 is 22.4 Å². The summed E-state index contributed by atoms with van der Waals surface area (Å²) in [5.74, 6) is 0.757. The summed E-state index contributed by atoms with van der Waals surface area (Å²) in [6, 6.07) is 14.8. The molecule has 0 radical (unpaired) electrons. The van der Waals surface area contributed by atoms with Gasteiger partial charge in [0, 0.05) is 22.8 Å². The molecule has 3 aromatic rings. The third-order valence-corrected chi connectivity index (χ3v) is 4.86. The second-order valence-corrected chi connectivity index (χ2v) is 6.24. The van der Waals surface area contributed by atoms with Gasteiger partial charge in [-0.05, 0) is 22.9 Å². The predicted molar refractivity (Wildman–Crippen MR) is 101 cm³/mol. The quantitative estimate of drug-likeness (QED) is 0.496. The number of hydrogen-bond donors (Lipinski definition) is 0. The number of carbonyl (C=O) groups is 1. The normalized spacial score (nSPS) is 15.1. The average Bonchev–Trinajstić information content (AvgIpc) is 3.17. The topological polar surface area (TPSA) is 74.2 Å². The van der Waals surface area contributed by atoms with Crippen molar-refractivity contribution in [1.82, 2.24) is 0 Å². The van der Waals surface area contributed by atoms with Crippen LogP contribution in [0, 0.1) is 4.91 Å². The van der Waals surface area contributed by atoms with Gasteiger partial charge < -0.3 is 14.2 Å². The standard InChI is InChI=1S/C21H17NO5/c1-25-13-9-7-12(8-10-13)17-11-16-18(21(23)26-2)19(22-24)14-5-3-4-6-15(14)20(16)27-17/h3-10,17H,11H2,1-2H3. The molecule has 4 rings (SSSR count). The van der Waals surface area contributed by atoms with Gasteiger partial charge in [-0.15, -0.1) is 4.91 Å². The lowest BCUT2D eigenvalue weighted by molar-refractivity contribution is 0.0600. The molecule has 0 saturated heterocycles. The van der Waals surface area contributed by atoms with E-state index in [-0.39, 0.29) is 17.4 Å². The van der Waals surface area contributed by atoms with Gasteiger partial charge in [-0.25, -0.2) is 4.79 Å². The van der Waals surface area contributed by atoms with Crippen LogP contribution < -0.4 is 9.47 Å². The highest BCUT2D eigenvalue weighted by Gasteiger charge is 2.34. The Morgan fingerprint density at radius 3 is 2.41 bits per heavy atom. The first-order valence-electron chi connectivity index (χ1n) is 8.47. The van der Waals surface area contributed by atoms with Crippen LogP contribution in [-0.2, 0) is 11.2 Å². The molecule has 1 unspecified atom stereocenters. The van der Waals surface area contributed by atoms with E-state index in [4.69, 9.17) is 14.2 Å². The maximum Gasteiger partial charge on any atom is 0.340 e. The Morgan fingerprint density at radius 2 is 1.78 bits per heavy atom. The lowest BCUT2D eigenvalue weighted by Gasteiger charge is -2.13. The number of methoxy groups -OCH3 is 2. The monoisotopic (exact) mass is 363 g/mol. The van der Waals surface area contributed by atoms with E-state index in [2.05, 4.69) is 5.18 Å². The fourth-order valence-electron chi connectivity index (χ4n) is 3.56. The lowest BCUT2D eigenvalue weighted by atomic mass is 9.94. The highest BCUT2D eigenvalue weighted by atomic mass is 16.5. The molecular formula is C21H17NO5. The zero-order chi connectivity index (χ0) is 19.0. The summed E-state index contributed by atoms with van der Waals surface area (Å²) < 4.78 is 16.3. The Bertz CT molecular complexity index is 1040. The van der Waals surface area contributed by atoms with E-state index >= 15 is 0 Å². The number of ether oxygens (including phenoxy) is 3. The number of nitrogens with zero attached hydrogens (tertiary/aromatic N) is 1. The lowest BCUT2D eigenvalue weighted by Crippen LogP contribution is -2.06. The summed E-state index contributed by atoms with van der Waals surface area (Å²) >= 11 is 0. The second kappa shape index (κ2) is 6.72. The molecule has 1 heterocycles. The van der Waals surface area contributed by atoms with Crippen molar-refractivity contribution in [3.8, 4) is 11.5 Å². The Kier molecular flexibility index (Phi) is 4.24. The molecule has 1 aliphatic rings. The van der Waals surface area contributed by atoms with Gasteiger partial charge in [0.2, 0.25) is 0 Å². The molecule has 27 heavy (non-hydrogen) atoms. The van der Waals surface area contributed by atoms with Crippen molar-refractivity contribution in [2.75, 3.05) is 14.2 Å². The van der Waals surface area contributed by atoms with E-state index in [0.29, 0.717) is 23.1 Å². The SMILES string of the molecule is COC(=O)c1c2c(c3ccccc3c1N=O)OC(c1ccc(OC)cc1)C2. The number of esters is 1. The van der Waals surface area contributed by atoms with Crippen LogP contribution in [-0.4, -0.2) is 20.2 Å². The number of benzene rings is 3. The van der Waals surface area contributed by atoms with Crippen LogP contribution in [0.2, 0.25) is 0 Å². The maximum atomic E-state index is 12.4. The molecule has 0 amide bonds. The Labute approximate surface area is 155 Å². The van der Waals surface area contributed by atoms with E-state index in [0.717, 1.165) is 16.7 Å². The Hall–Kier alpha value is -3.41. The molecule has 6 heteroatoms. The van der Waals surface area contributed by atoms with E-state index in [1.807, 2.05) is 36.4 Å². The molecule has 3 aromatic carbocycles. The molecule has 0 aromatic heterocycles. The average molecular weight is 363 g/mol. The summed E-state index contributed by atoms with van der Waals surface area (Å²) in [4.78, 5) is 24.0. The van der Waals surface area contributed by atoms with E-state index < -0.39 is 5.97 Å². The number of rotatable bonds is 4. The van der Waals surface area contributed by atoms with Crippen LogP contribution >= 0.6 is 0 Å². The summed E-state index contributed by atoms with van der Waals surface area (Å²) in [5, 5.41) is 4.47. The van der Waals surface area contributed by atoms with Crippen molar-refractivity contribution in [3.63, 3.8) is 0 Å². The van der Waals surface area contributed by atoms with Gasteiger partial charge in [-0.2, -0.15) is 0 Å². The Morgan fingerprint density at radius 1 is 1.07 bits per heavy atom. The Balaban J connectivity index is 1.89. The molecular weight excluding hydrogens is 346 g/mol. The van der Waals surface area contributed by atoms with Crippen LogP contribution in [0.15, 0.2) is 53.7 Å². The highest BCUT2D eigenvalue weighted by molar-refractivity contribution is 6.09. The minimum Gasteiger partial charge on any atom is -0.497 e. The summed E-state index contributed by atoms with van der Waals surface area (Å²) in [6.45, 7) is 0. The van der Waals surface area contributed by atoms with Crippen LogP contribution in [0.5, 0.6) is 11.5 Å². The number of hydrogen-bond acceptors (Lipinski definition) is 6. The van der Waals surface area contributed by atoms with Gasteiger partial charge in [-0.1, -0.05) is 36.4 Å². The maximum absolute atomic E-state index is 12.4. The molecule has 0 fully saturated rings. The van der Waals surface area contributed by atoms with E-state index in [1.165, 1.54) is 7.11 Å². The van der Waals surface area contributed by atoms with E-state index in [9.17, 15) is 9.70 Å². The van der Waals surface area contributed by atoms with E-state index in [1.54, 1.807) is 19.2 Å². The van der Waals surface area contributed by atoms with Gasteiger partial charge in [0.1, 0.15) is 23.3 Å². The summed E-state index contributed by atoms with van der Waals surface area (Å²) in [5.41, 5.74) is 1.87. The molecule has 1 atom stereocenters. The zero-order valence-electron chi connectivity index (χ0n) is 14.9. The largest absolute Gasteiger partial charge is 0.497 e. The van der Waals surface area contributed by atoms with Gasteiger partial charge in [-0.3, -0.25) is 0 Å². The number of nitroso groups, excluding NO2 is 1. The summed E-state index contributed by atoms with van der Waals surface area (Å²) in [7, 11) is 2.90. The molecule has 0 aliphatic carbocycles. The fourth-order valence-corrected chi connectivity index (χ4v) is 3.56. The van der Waals surface area contributed by atoms with Crippen molar-refractivity contribution in [2.24, 2.45) is 5.18 Å². The predicted octanol–water partition coefficient (Wildman–Crippen LogP) is 4.71. The minimum absolute atomic E-state index is 0.0928. The molecule has 1 aliphatic heterocycles. The van der Waals surface area contributed by atoms with Gasteiger partial charge in [0.25, 0.3) is 0 Å². The first-order valence-corrected chi connectivity index (χ1v) is 8.47. The highest BCUT2D eigenvalue weighted by Crippen LogP contribution is 2.48. The van der Waals surface area contributed by atoms with Gasteiger partial charge in [0.15, 0.2) is 0 Å². The first-order chi connectivity index (χ1) is 13.2. The van der Waals surface area contributed by atoms with Crippen LogP contribution in [0.25, 0.3) is 10.8 Å². The minimum atomic E-state index is -0.592. The van der Waals surface area contributed by atoms with Gasteiger partial charge in [0.05, 0.1) is 19.8 Å². The first kappa shape index (κ1) is 17.0. The molecule has 0 N–H and O–H groups in total. The fraction of sp³-hybridized carbons (Fsp3) is 0.190. The molecule has 0 bridgehead atoms. The molecule has 136 valence electrons. The van der Waals surface area contributed by atoms with Crippen molar-refractivity contribution < 1.29 is 19.0 Å². The smallest absolute Gasteiger partial charge is 0.340 e. The van der Waals surface area contributed by atoms with Crippen LogP contribution in [0.4, 0.5) is 5.69 Å². The number of fused-ring (bicyclic) bond motifs is 3. The molecule has 6 nitrogen and oxygen atoms in total. The molecule has 0 saturated carbocycles. The van der Waals surface area contributed by atoms with Crippen LogP contribution in [0.3, 0.4) is 0 Å². The third-order valence-electron chi connectivity index (χ3n) is 4.86. The van der Waals surface area contributed by atoms with Crippen LogP contribution in [0.1, 0.15) is 27.6 Å². The zero-order valence-corrected chi connectivity index (χ0v) is 14.9.